The number of carbonyl (C=O) groups is 3. The number of methoxy groups -OCH3 is 1. The highest BCUT2D eigenvalue weighted by atomic mass is 35.5. The van der Waals surface area contributed by atoms with E-state index in [2.05, 4.69) is 15.6 Å². The van der Waals surface area contributed by atoms with Gasteiger partial charge in [-0.3, -0.25) is 4.79 Å². The first-order valence-corrected chi connectivity index (χ1v) is 10.8. The van der Waals surface area contributed by atoms with Crippen LogP contribution in [0.2, 0.25) is 5.02 Å². The molecular weight excluding hydrogens is 483 g/mol. The maximum atomic E-state index is 14.8. The molecule has 0 spiro atoms. The predicted molar refractivity (Wildman–Crippen MR) is 124 cm³/mol. The molecule has 182 valence electrons. The molecule has 10 nitrogen and oxygen atoms in total. The molecule has 12 heteroatoms. The van der Waals surface area contributed by atoms with Gasteiger partial charge in [-0.1, -0.05) is 11.6 Å². The topological polar surface area (TPSA) is 134 Å². The maximum absolute atomic E-state index is 14.8. The molecule has 3 aromatic rings. The number of hydrogen-bond acceptors (Lipinski definition) is 6. The number of aromatic carboxylic acids is 1. The summed E-state index contributed by atoms with van der Waals surface area (Å²) in [6.45, 7) is 0.166. The molecule has 1 aromatic heterocycles. The van der Waals surface area contributed by atoms with E-state index in [-0.39, 0.29) is 41.8 Å². The highest BCUT2D eigenvalue weighted by Crippen LogP contribution is 2.28. The smallest absolute Gasteiger partial charge is 0.358 e. The number of likely N-dealkylation sites (tertiary alicyclic amines) is 1. The molecule has 0 saturated carbocycles. The number of carbonyl (C=O) groups excluding carboxylic acids is 2. The molecule has 1 aliphatic rings. The van der Waals surface area contributed by atoms with Gasteiger partial charge in [-0.2, -0.15) is 0 Å². The van der Waals surface area contributed by atoms with Gasteiger partial charge in [-0.25, -0.2) is 19.0 Å². The van der Waals surface area contributed by atoms with E-state index < -0.39 is 29.8 Å². The lowest BCUT2D eigenvalue weighted by molar-refractivity contribution is -0.119. The van der Waals surface area contributed by atoms with Crippen LogP contribution >= 0.6 is 11.6 Å². The van der Waals surface area contributed by atoms with Gasteiger partial charge in [-0.15, -0.1) is 0 Å². The van der Waals surface area contributed by atoms with Crippen LogP contribution in [0.3, 0.4) is 0 Å². The number of benzene rings is 2. The number of aromatic nitrogens is 1. The van der Waals surface area contributed by atoms with Crippen LogP contribution in [-0.4, -0.2) is 58.7 Å². The van der Waals surface area contributed by atoms with Gasteiger partial charge in [0.2, 0.25) is 5.91 Å². The van der Waals surface area contributed by atoms with Crippen LogP contribution in [0.15, 0.2) is 53.3 Å². The third-order valence-corrected chi connectivity index (χ3v) is 5.77. The number of urea groups is 1. The summed E-state index contributed by atoms with van der Waals surface area (Å²) in [5.74, 6) is -2.86. The molecule has 2 atom stereocenters. The third-order valence-electron chi connectivity index (χ3n) is 5.51. The fourth-order valence-electron chi connectivity index (χ4n) is 3.75. The molecule has 1 fully saturated rings. The number of amides is 3. The number of oxazole rings is 1. The second-order valence-corrected chi connectivity index (χ2v) is 8.15. The van der Waals surface area contributed by atoms with E-state index in [0.717, 1.165) is 12.5 Å². The standard InChI is InChI=1S/C23H20ClFN4O6/c1-34-15-9-18(29(10-15)23(33)27-14-5-3-13(24)4-6-14)21(30)28-17-7-2-12(8-16(17)25)20-19(22(31)32)26-11-35-20/h2-8,11,15,18H,9-10H2,1H3,(H,27,33)(H,28,30)(H,31,32)/t15-,18-/m1/s1. The highest BCUT2D eigenvalue weighted by molar-refractivity contribution is 6.30. The molecule has 2 heterocycles. The van der Waals surface area contributed by atoms with Crippen molar-refractivity contribution in [2.75, 3.05) is 24.3 Å². The summed E-state index contributed by atoms with van der Waals surface area (Å²) in [5.41, 5.74) is 0.128. The van der Waals surface area contributed by atoms with Crippen LogP contribution in [0.1, 0.15) is 16.9 Å². The van der Waals surface area contributed by atoms with Crippen LogP contribution in [-0.2, 0) is 9.53 Å². The van der Waals surface area contributed by atoms with Gasteiger partial charge in [0, 0.05) is 36.3 Å². The van der Waals surface area contributed by atoms with E-state index in [1.807, 2.05) is 0 Å². The number of nitrogens with one attached hydrogen (secondary N) is 2. The van der Waals surface area contributed by atoms with E-state index in [9.17, 15) is 18.8 Å². The second kappa shape index (κ2) is 10.1. The fraction of sp³-hybridized carbons (Fsp3) is 0.217. The summed E-state index contributed by atoms with van der Waals surface area (Å²) < 4.78 is 25.2. The SMILES string of the molecule is CO[C@@H]1C[C@H](C(=O)Nc2ccc(-c3ocnc3C(=O)O)cc2F)N(C(=O)Nc2ccc(Cl)cc2)C1. The largest absolute Gasteiger partial charge is 0.476 e. The van der Waals surface area contributed by atoms with Crippen LogP contribution < -0.4 is 10.6 Å². The number of carboxylic acids is 1. The molecule has 0 unspecified atom stereocenters. The lowest BCUT2D eigenvalue weighted by Gasteiger charge is -2.24. The van der Waals surface area contributed by atoms with Crippen molar-refractivity contribution in [2.24, 2.45) is 0 Å². The summed E-state index contributed by atoms with van der Waals surface area (Å²) in [4.78, 5) is 42.0. The monoisotopic (exact) mass is 502 g/mol. The predicted octanol–water partition coefficient (Wildman–Crippen LogP) is 4.09. The molecule has 1 saturated heterocycles. The van der Waals surface area contributed by atoms with Crippen LogP contribution in [0, 0.1) is 5.82 Å². The van der Waals surface area contributed by atoms with E-state index >= 15 is 0 Å². The summed E-state index contributed by atoms with van der Waals surface area (Å²) in [6, 6.07) is 8.75. The molecule has 4 rings (SSSR count). The summed E-state index contributed by atoms with van der Waals surface area (Å²) >= 11 is 5.87. The number of rotatable bonds is 6. The fourth-order valence-corrected chi connectivity index (χ4v) is 3.87. The van der Waals surface area contributed by atoms with Crippen molar-refractivity contribution in [2.45, 2.75) is 18.6 Å². The first kappa shape index (κ1) is 24.2. The van der Waals surface area contributed by atoms with Crippen LogP contribution in [0.25, 0.3) is 11.3 Å². The first-order valence-electron chi connectivity index (χ1n) is 10.4. The average molecular weight is 503 g/mol. The summed E-state index contributed by atoms with van der Waals surface area (Å²) in [5, 5.41) is 14.9. The Morgan fingerprint density at radius 3 is 2.60 bits per heavy atom. The van der Waals surface area contributed by atoms with Crippen LogP contribution in [0.5, 0.6) is 0 Å². The molecular formula is C23H20ClFN4O6. The van der Waals surface area contributed by atoms with Crippen molar-refractivity contribution in [3.05, 3.63) is 65.4 Å². The Hall–Kier alpha value is -3.96. The number of hydrogen-bond donors (Lipinski definition) is 3. The lowest BCUT2D eigenvalue weighted by atomic mass is 10.1. The number of carboxylic acid groups (broad SMARTS) is 1. The molecule has 0 radical (unpaired) electrons. The average Bonchev–Trinajstić information content (AvgIpc) is 3.49. The zero-order valence-corrected chi connectivity index (χ0v) is 19.1. The van der Waals surface area contributed by atoms with Gasteiger partial charge in [0.1, 0.15) is 11.9 Å². The van der Waals surface area contributed by atoms with Gasteiger partial charge < -0.3 is 29.8 Å². The van der Waals surface area contributed by atoms with Gasteiger partial charge in [0.05, 0.1) is 11.8 Å². The van der Waals surface area contributed by atoms with Gasteiger partial charge in [-0.05, 0) is 42.5 Å². The second-order valence-electron chi connectivity index (χ2n) is 7.72. The molecule has 0 aliphatic carbocycles. The normalized spacial score (nSPS) is 17.3. The number of ether oxygens (including phenoxy) is 1. The third kappa shape index (κ3) is 5.26. The zero-order chi connectivity index (χ0) is 25.1. The minimum absolute atomic E-state index is 0.113. The Balaban J connectivity index is 1.50. The summed E-state index contributed by atoms with van der Waals surface area (Å²) in [6.07, 6.45) is 0.785. The van der Waals surface area contributed by atoms with Crippen LogP contribution in [0.4, 0.5) is 20.6 Å². The molecule has 0 bridgehead atoms. The number of halogens is 2. The van der Waals surface area contributed by atoms with Crippen molar-refractivity contribution < 1.29 is 33.0 Å². The van der Waals surface area contributed by atoms with Gasteiger partial charge >= 0.3 is 12.0 Å². The maximum Gasteiger partial charge on any atom is 0.358 e. The molecule has 35 heavy (non-hydrogen) atoms. The van der Waals surface area contributed by atoms with Crippen molar-refractivity contribution in [3.8, 4) is 11.3 Å². The van der Waals surface area contributed by atoms with E-state index in [1.54, 1.807) is 24.3 Å². The molecule has 3 amide bonds. The van der Waals surface area contributed by atoms with Crippen molar-refractivity contribution >= 4 is 40.9 Å². The van der Waals surface area contributed by atoms with Gasteiger partial charge in [0.25, 0.3) is 0 Å². The molecule has 2 aromatic carbocycles. The van der Waals surface area contributed by atoms with Crippen molar-refractivity contribution in [1.82, 2.24) is 9.88 Å². The Kier molecular flexibility index (Phi) is 6.99. The zero-order valence-electron chi connectivity index (χ0n) is 18.3. The van der Waals surface area contributed by atoms with E-state index in [4.69, 9.17) is 25.9 Å². The first-order chi connectivity index (χ1) is 16.8. The number of nitrogens with zero attached hydrogens (tertiary/aromatic N) is 2. The molecule has 1 aliphatic heterocycles. The Labute approximate surface area is 203 Å². The number of anilines is 2. The Morgan fingerprint density at radius 1 is 1.20 bits per heavy atom. The minimum Gasteiger partial charge on any atom is -0.476 e. The van der Waals surface area contributed by atoms with E-state index in [1.165, 1.54) is 24.1 Å². The minimum atomic E-state index is -1.32. The lowest BCUT2D eigenvalue weighted by Crippen LogP contribution is -2.45. The Morgan fingerprint density at radius 2 is 1.94 bits per heavy atom. The molecule has 3 N–H and O–H groups in total. The van der Waals surface area contributed by atoms with Crippen molar-refractivity contribution in [1.29, 1.82) is 0 Å². The highest BCUT2D eigenvalue weighted by Gasteiger charge is 2.40. The Bertz CT molecular complexity index is 1270. The van der Waals surface area contributed by atoms with E-state index in [0.29, 0.717) is 10.7 Å². The quantitative estimate of drug-likeness (QED) is 0.462. The van der Waals surface area contributed by atoms with Crippen molar-refractivity contribution in [3.63, 3.8) is 0 Å². The summed E-state index contributed by atoms with van der Waals surface area (Å²) in [7, 11) is 1.48. The van der Waals surface area contributed by atoms with Gasteiger partial charge in [0.15, 0.2) is 17.8 Å².